The van der Waals surface area contributed by atoms with Gasteiger partial charge in [-0.15, -0.1) is 0 Å². The Morgan fingerprint density at radius 2 is 1.82 bits per heavy atom. The number of benzene rings is 3. The molecule has 1 atom stereocenters. The molecule has 0 bridgehead atoms. The predicted octanol–water partition coefficient (Wildman–Crippen LogP) is 4.27. The topological polar surface area (TPSA) is 87.7 Å². The van der Waals surface area contributed by atoms with Crippen LogP contribution in [0.15, 0.2) is 72.8 Å². The third-order valence-electron chi connectivity index (χ3n) is 5.66. The summed E-state index contributed by atoms with van der Waals surface area (Å²) in [5.74, 6) is -0.569. The van der Waals surface area contributed by atoms with Crippen LogP contribution in [0.5, 0.6) is 5.75 Å². The second-order valence-electron chi connectivity index (χ2n) is 7.95. The molecule has 3 aromatic carbocycles. The second-order valence-corrected chi connectivity index (χ2v) is 8.39. The number of rotatable bonds is 7. The zero-order valence-electron chi connectivity index (χ0n) is 18.6. The standard InChI is InChI=1S/C26H24ClN3O4/c1-34-21-11-9-17(10-12-21)15-28-26(33)22-7-2-3-8-23(22)29-25(32)18-13-24(31)30(16-18)20-6-4-5-19(27)14-20/h2-12,14,18H,13,15-16H2,1H3,(H,28,33)(H,29,32)/t18-/m1/s1. The molecule has 3 aromatic rings. The van der Waals surface area contributed by atoms with E-state index in [0.717, 1.165) is 11.3 Å². The van der Waals surface area contributed by atoms with E-state index in [4.69, 9.17) is 16.3 Å². The molecule has 2 N–H and O–H groups in total. The van der Waals surface area contributed by atoms with Crippen molar-refractivity contribution in [3.05, 3.63) is 88.9 Å². The zero-order valence-corrected chi connectivity index (χ0v) is 19.3. The van der Waals surface area contributed by atoms with Crippen LogP contribution in [0, 0.1) is 5.92 Å². The first-order chi connectivity index (χ1) is 16.4. The Balaban J connectivity index is 1.40. The lowest BCUT2D eigenvalue weighted by molar-refractivity contribution is -0.122. The Morgan fingerprint density at radius 3 is 2.56 bits per heavy atom. The van der Waals surface area contributed by atoms with Gasteiger partial charge in [-0.3, -0.25) is 14.4 Å². The first-order valence-corrected chi connectivity index (χ1v) is 11.2. The minimum absolute atomic E-state index is 0.0875. The van der Waals surface area contributed by atoms with E-state index in [9.17, 15) is 14.4 Å². The molecule has 1 fully saturated rings. The van der Waals surface area contributed by atoms with Gasteiger partial charge in [0, 0.05) is 30.2 Å². The average Bonchev–Trinajstić information content (AvgIpc) is 3.25. The maximum absolute atomic E-state index is 13.0. The molecule has 34 heavy (non-hydrogen) atoms. The molecule has 7 nitrogen and oxygen atoms in total. The average molecular weight is 478 g/mol. The van der Waals surface area contributed by atoms with Crippen LogP contribution in [0.2, 0.25) is 5.02 Å². The molecular formula is C26H24ClN3O4. The van der Waals surface area contributed by atoms with E-state index in [1.165, 1.54) is 0 Å². The van der Waals surface area contributed by atoms with Crippen molar-refractivity contribution in [3.8, 4) is 5.75 Å². The van der Waals surface area contributed by atoms with Crippen molar-refractivity contribution < 1.29 is 19.1 Å². The van der Waals surface area contributed by atoms with Gasteiger partial charge in [-0.2, -0.15) is 0 Å². The summed E-state index contributed by atoms with van der Waals surface area (Å²) in [7, 11) is 1.60. The summed E-state index contributed by atoms with van der Waals surface area (Å²) in [6, 6.07) is 21.2. The Hall–Kier alpha value is -3.84. The number of hydrogen-bond donors (Lipinski definition) is 2. The molecule has 8 heteroatoms. The van der Waals surface area contributed by atoms with E-state index in [2.05, 4.69) is 10.6 Å². The van der Waals surface area contributed by atoms with E-state index < -0.39 is 5.92 Å². The third kappa shape index (κ3) is 5.38. The van der Waals surface area contributed by atoms with Gasteiger partial charge in [0.25, 0.3) is 5.91 Å². The molecule has 1 saturated heterocycles. The smallest absolute Gasteiger partial charge is 0.253 e. The number of amides is 3. The van der Waals surface area contributed by atoms with Gasteiger partial charge >= 0.3 is 0 Å². The predicted molar refractivity (Wildman–Crippen MR) is 131 cm³/mol. The number of carbonyl (C=O) groups is 3. The molecule has 0 aliphatic carbocycles. The summed E-state index contributed by atoms with van der Waals surface area (Å²) in [5.41, 5.74) is 2.32. The van der Waals surface area contributed by atoms with Crippen LogP contribution in [-0.4, -0.2) is 31.4 Å². The number of halogens is 1. The minimum Gasteiger partial charge on any atom is -0.497 e. The van der Waals surface area contributed by atoms with Crippen molar-refractivity contribution in [1.82, 2.24) is 5.32 Å². The number of para-hydroxylation sites is 1. The minimum atomic E-state index is -0.540. The molecule has 3 amide bonds. The summed E-state index contributed by atoms with van der Waals surface area (Å²) in [5, 5.41) is 6.22. The van der Waals surface area contributed by atoms with Crippen molar-refractivity contribution >= 4 is 40.7 Å². The first-order valence-electron chi connectivity index (χ1n) is 10.8. The van der Waals surface area contributed by atoms with Crippen LogP contribution in [0.1, 0.15) is 22.3 Å². The highest BCUT2D eigenvalue weighted by Crippen LogP contribution is 2.28. The van der Waals surface area contributed by atoms with E-state index in [1.807, 2.05) is 24.3 Å². The summed E-state index contributed by atoms with van der Waals surface area (Å²) >= 11 is 6.04. The maximum Gasteiger partial charge on any atom is 0.253 e. The Morgan fingerprint density at radius 1 is 1.06 bits per heavy atom. The van der Waals surface area contributed by atoms with Crippen molar-refractivity contribution in [2.24, 2.45) is 5.92 Å². The van der Waals surface area contributed by atoms with Crippen molar-refractivity contribution in [2.45, 2.75) is 13.0 Å². The molecule has 0 radical (unpaired) electrons. The highest BCUT2D eigenvalue weighted by molar-refractivity contribution is 6.31. The first kappa shape index (κ1) is 23.3. The Bertz CT molecular complexity index is 1210. The zero-order chi connectivity index (χ0) is 24.1. The highest BCUT2D eigenvalue weighted by Gasteiger charge is 2.35. The van der Waals surface area contributed by atoms with Crippen molar-refractivity contribution in [3.63, 3.8) is 0 Å². The fourth-order valence-electron chi connectivity index (χ4n) is 3.82. The van der Waals surface area contributed by atoms with Gasteiger partial charge in [-0.05, 0) is 48.0 Å². The Labute approximate surface area is 202 Å². The molecular weight excluding hydrogens is 454 g/mol. The van der Waals surface area contributed by atoms with E-state index in [1.54, 1.807) is 60.5 Å². The van der Waals surface area contributed by atoms with Crippen LogP contribution in [-0.2, 0) is 16.1 Å². The third-order valence-corrected chi connectivity index (χ3v) is 5.89. The number of methoxy groups -OCH3 is 1. The molecule has 0 unspecified atom stereocenters. The Kier molecular flexibility index (Phi) is 7.13. The summed E-state index contributed by atoms with van der Waals surface area (Å²) in [6.45, 7) is 0.577. The van der Waals surface area contributed by atoms with Gasteiger partial charge < -0.3 is 20.3 Å². The molecule has 1 aliphatic rings. The highest BCUT2D eigenvalue weighted by atomic mass is 35.5. The lowest BCUT2D eigenvalue weighted by Crippen LogP contribution is -2.29. The summed E-state index contributed by atoms with van der Waals surface area (Å²) < 4.78 is 5.15. The fourth-order valence-corrected chi connectivity index (χ4v) is 4.01. The number of nitrogens with zero attached hydrogens (tertiary/aromatic N) is 1. The van der Waals surface area contributed by atoms with Crippen molar-refractivity contribution in [2.75, 3.05) is 23.9 Å². The molecule has 1 heterocycles. The van der Waals surface area contributed by atoms with E-state index in [0.29, 0.717) is 28.5 Å². The number of carbonyl (C=O) groups excluding carboxylic acids is 3. The van der Waals surface area contributed by atoms with E-state index in [-0.39, 0.29) is 30.7 Å². The molecule has 1 aliphatic heterocycles. The quantitative estimate of drug-likeness (QED) is 0.532. The lowest BCUT2D eigenvalue weighted by atomic mass is 10.1. The van der Waals surface area contributed by atoms with Gasteiger partial charge in [-0.25, -0.2) is 0 Å². The van der Waals surface area contributed by atoms with Crippen LogP contribution < -0.4 is 20.3 Å². The number of ether oxygens (including phenoxy) is 1. The molecule has 174 valence electrons. The molecule has 0 aromatic heterocycles. The number of hydrogen-bond acceptors (Lipinski definition) is 4. The SMILES string of the molecule is COc1ccc(CNC(=O)c2ccccc2NC(=O)[C@@H]2CC(=O)N(c3cccc(Cl)c3)C2)cc1. The van der Waals surface area contributed by atoms with Crippen LogP contribution >= 0.6 is 11.6 Å². The summed E-state index contributed by atoms with van der Waals surface area (Å²) in [4.78, 5) is 39.9. The van der Waals surface area contributed by atoms with Crippen molar-refractivity contribution in [1.29, 1.82) is 0 Å². The normalized spacial score (nSPS) is 15.2. The maximum atomic E-state index is 13.0. The van der Waals surface area contributed by atoms with Gasteiger partial charge in [-0.1, -0.05) is 41.9 Å². The van der Waals surface area contributed by atoms with Gasteiger partial charge in [0.15, 0.2) is 0 Å². The molecule has 0 saturated carbocycles. The van der Waals surface area contributed by atoms with Crippen LogP contribution in [0.3, 0.4) is 0 Å². The lowest BCUT2D eigenvalue weighted by Gasteiger charge is -2.17. The van der Waals surface area contributed by atoms with E-state index >= 15 is 0 Å². The second kappa shape index (κ2) is 10.4. The van der Waals surface area contributed by atoms with Gasteiger partial charge in [0.2, 0.25) is 11.8 Å². The number of nitrogens with one attached hydrogen (secondary N) is 2. The number of anilines is 2. The van der Waals surface area contributed by atoms with Gasteiger partial charge in [0.05, 0.1) is 24.3 Å². The molecule has 0 spiro atoms. The van der Waals surface area contributed by atoms with Gasteiger partial charge in [0.1, 0.15) is 5.75 Å². The fraction of sp³-hybridized carbons (Fsp3) is 0.192. The van der Waals surface area contributed by atoms with Crippen LogP contribution in [0.25, 0.3) is 0 Å². The molecule has 4 rings (SSSR count). The monoisotopic (exact) mass is 477 g/mol. The largest absolute Gasteiger partial charge is 0.497 e. The van der Waals surface area contributed by atoms with Crippen LogP contribution in [0.4, 0.5) is 11.4 Å². The summed E-state index contributed by atoms with van der Waals surface area (Å²) in [6.07, 6.45) is 0.0875.